The lowest BCUT2D eigenvalue weighted by molar-refractivity contribution is 0.0813. The van der Waals surface area contributed by atoms with E-state index in [-0.39, 0.29) is 42.3 Å². The predicted octanol–water partition coefficient (Wildman–Crippen LogP) is 3.48. The topological polar surface area (TPSA) is 99.2 Å². The quantitative estimate of drug-likeness (QED) is 0.603. The van der Waals surface area contributed by atoms with Crippen molar-refractivity contribution in [1.29, 1.82) is 0 Å². The number of aryl methyl sites for hydroxylation is 1. The highest BCUT2D eigenvalue weighted by molar-refractivity contribution is 7.89. The number of fused-ring (bicyclic) bond motifs is 1. The average Bonchev–Trinajstić information content (AvgIpc) is 2.84. The molecule has 0 saturated heterocycles. The Labute approximate surface area is 208 Å². The van der Waals surface area contributed by atoms with Crippen LogP contribution in [0.25, 0.3) is 11.1 Å². The van der Waals surface area contributed by atoms with Crippen molar-refractivity contribution in [2.75, 3.05) is 33.3 Å². The van der Waals surface area contributed by atoms with Crippen LogP contribution in [0.5, 0.6) is 5.75 Å². The fraction of sp³-hybridized carbons (Fsp3) is 0.500. The third-order valence-electron chi connectivity index (χ3n) is 6.38. The van der Waals surface area contributed by atoms with Crippen LogP contribution < -0.4 is 10.1 Å². The number of rotatable bonds is 7. The number of nitrogens with zero attached hydrogens (tertiary/aromatic N) is 2. The molecule has 2 amide bonds. The molecule has 0 aliphatic carbocycles. The molecule has 0 saturated carbocycles. The van der Waals surface area contributed by atoms with Crippen molar-refractivity contribution in [1.82, 2.24) is 14.5 Å². The maximum absolute atomic E-state index is 13.6. The fourth-order valence-electron chi connectivity index (χ4n) is 4.09. The zero-order valence-electron chi connectivity index (χ0n) is 21.2. The van der Waals surface area contributed by atoms with Gasteiger partial charge in [-0.05, 0) is 43.5 Å². The van der Waals surface area contributed by atoms with Gasteiger partial charge in [-0.3, -0.25) is 0 Å². The normalized spacial score (nSPS) is 20.6. The molecule has 192 valence electrons. The second-order valence-corrected chi connectivity index (χ2v) is 11.2. The molecule has 0 aromatic heterocycles. The van der Waals surface area contributed by atoms with E-state index in [1.165, 1.54) is 4.31 Å². The van der Waals surface area contributed by atoms with Crippen LogP contribution in [0.4, 0.5) is 4.79 Å². The molecule has 0 spiro atoms. The minimum atomic E-state index is -3.92. The predicted molar refractivity (Wildman–Crippen MR) is 137 cm³/mol. The van der Waals surface area contributed by atoms with E-state index in [9.17, 15) is 18.3 Å². The van der Waals surface area contributed by atoms with Crippen molar-refractivity contribution in [2.24, 2.45) is 5.92 Å². The molecular formula is C26H37N3O5S. The van der Waals surface area contributed by atoms with Crippen molar-refractivity contribution < 1.29 is 23.1 Å². The minimum Gasteiger partial charge on any atom is -0.487 e. The molecule has 2 aromatic carbocycles. The van der Waals surface area contributed by atoms with Gasteiger partial charge >= 0.3 is 6.03 Å². The van der Waals surface area contributed by atoms with Gasteiger partial charge in [0.25, 0.3) is 0 Å². The van der Waals surface area contributed by atoms with Crippen LogP contribution in [-0.2, 0) is 10.0 Å². The van der Waals surface area contributed by atoms with Gasteiger partial charge in [-0.1, -0.05) is 49.7 Å². The second kappa shape index (κ2) is 11.4. The van der Waals surface area contributed by atoms with Gasteiger partial charge in [0.1, 0.15) is 16.7 Å². The van der Waals surface area contributed by atoms with Gasteiger partial charge < -0.3 is 20.1 Å². The van der Waals surface area contributed by atoms with Crippen LogP contribution >= 0.6 is 0 Å². The van der Waals surface area contributed by atoms with E-state index < -0.39 is 22.2 Å². The lowest BCUT2D eigenvalue weighted by Gasteiger charge is -2.37. The molecule has 0 unspecified atom stereocenters. The Morgan fingerprint density at radius 2 is 1.89 bits per heavy atom. The molecule has 8 nitrogen and oxygen atoms in total. The highest BCUT2D eigenvalue weighted by atomic mass is 32.2. The summed E-state index contributed by atoms with van der Waals surface area (Å²) in [6, 6.07) is 12.3. The summed E-state index contributed by atoms with van der Waals surface area (Å²) in [4.78, 5) is 14.1. The second-order valence-electron chi connectivity index (χ2n) is 9.38. The number of likely N-dealkylation sites (N-methyl/N-ethyl adjacent to an activating group) is 1. The number of carbonyl (C=O) groups is 1. The van der Waals surface area contributed by atoms with Gasteiger partial charge in [0, 0.05) is 32.1 Å². The third kappa shape index (κ3) is 6.15. The van der Waals surface area contributed by atoms with Gasteiger partial charge in [-0.15, -0.1) is 0 Å². The highest BCUT2D eigenvalue weighted by Crippen LogP contribution is 2.36. The third-order valence-corrected chi connectivity index (χ3v) is 8.40. The van der Waals surface area contributed by atoms with E-state index in [1.807, 2.05) is 45.0 Å². The van der Waals surface area contributed by atoms with Gasteiger partial charge in [0.2, 0.25) is 10.0 Å². The molecule has 35 heavy (non-hydrogen) atoms. The number of aliphatic hydroxyl groups excluding tert-OH is 1. The first kappa shape index (κ1) is 27.0. The number of benzene rings is 2. The number of ether oxygens (including phenoxy) is 1. The molecule has 1 aliphatic heterocycles. The molecule has 2 N–H and O–H groups in total. The van der Waals surface area contributed by atoms with Crippen LogP contribution in [-0.4, -0.2) is 74.2 Å². The average molecular weight is 504 g/mol. The van der Waals surface area contributed by atoms with E-state index in [0.717, 1.165) is 23.1 Å². The number of amides is 2. The monoisotopic (exact) mass is 503 g/mol. The van der Waals surface area contributed by atoms with Gasteiger partial charge in [-0.2, -0.15) is 4.31 Å². The summed E-state index contributed by atoms with van der Waals surface area (Å²) in [5, 5.41) is 12.7. The van der Waals surface area contributed by atoms with Gasteiger partial charge in [-0.25, -0.2) is 13.2 Å². The summed E-state index contributed by atoms with van der Waals surface area (Å²) in [6.45, 7) is 8.32. The van der Waals surface area contributed by atoms with Crippen LogP contribution in [0.1, 0.15) is 32.8 Å². The van der Waals surface area contributed by atoms with Crippen molar-refractivity contribution in [3.8, 4) is 16.9 Å². The lowest BCUT2D eigenvalue weighted by atomic mass is 10.0. The molecule has 0 fully saturated rings. The minimum absolute atomic E-state index is 0.0589. The summed E-state index contributed by atoms with van der Waals surface area (Å²) in [5.74, 6) is 0.00788. The molecule has 2 aromatic rings. The fourth-order valence-corrected chi connectivity index (χ4v) is 5.91. The molecule has 1 heterocycles. The summed E-state index contributed by atoms with van der Waals surface area (Å²) in [6.07, 6.45) is 0.375. The Kier molecular flexibility index (Phi) is 8.79. The number of nitrogens with one attached hydrogen (secondary N) is 1. The zero-order valence-corrected chi connectivity index (χ0v) is 22.0. The van der Waals surface area contributed by atoms with Crippen LogP contribution in [0, 0.1) is 12.8 Å². The van der Waals surface area contributed by atoms with Crippen LogP contribution in [0.2, 0.25) is 0 Å². The first-order valence-electron chi connectivity index (χ1n) is 12.1. The van der Waals surface area contributed by atoms with E-state index in [0.29, 0.717) is 6.54 Å². The maximum atomic E-state index is 13.6. The molecular weight excluding hydrogens is 466 g/mol. The summed E-state index contributed by atoms with van der Waals surface area (Å²) < 4.78 is 35.0. The smallest absolute Gasteiger partial charge is 0.317 e. The zero-order chi connectivity index (χ0) is 25.8. The van der Waals surface area contributed by atoms with Crippen molar-refractivity contribution in [2.45, 2.75) is 51.2 Å². The SMILES string of the molecule is CCCNC(=O)N(C)C[C@@H]1Oc2cc(-c3ccc(C)cc3)ccc2S(=O)(=O)N([C@@H](C)CO)C[C@H]1C. The first-order valence-corrected chi connectivity index (χ1v) is 13.5. The van der Waals surface area contributed by atoms with Crippen LogP contribution in [0.3, 0.4) is 0 Å². The Bertz CT molecular complexity index is 1120. The summed E-state index contributed by atoms with van der Waals surface area (Å²) in [5.41, 5.74) is 2.91. The van der Waals surface area contributed by atoms with E-state index in [2.05, 4.69) is 5.32 Å². The van der Waals surface area contributed by atoms with Gasteiger partial charge in [0.05, 0.1) is 13.2 Å². The molecule has 0 radical (unpaired) electrons. The van der Waals surface area contributed by atoms with E-state index in [1.54, 1.807) is 37.1 Å². The number of hydrogen-bond donors (Lipinski definition) is 2. The van der Waals surface area contributed by atoms with E-state index >= 15 is 0 Å². The summed E-state index contributed by atoms with van der Waals surface area (Å²) >= 11 is 0. The van der Waals surface area contributed by atoms with E-state index in [4.69, 9.17) is 4.74 Å². The van der Waals surface area contributed by atoms with Crippen molar-refractivity contribution in [3.63, 3.8) is 0 Å². The Morgan fingerprint density at radius 3 is 2.51 bits per heavy atom. The molecule has 1 aliphatic rings. The highest BCUT2D eigenvalue weighted by Gasteiger charge is 2.38. The Hall–Kier alpha value is -2.62. The number of aliphatic hydroxyl groups is 1. The van der Waals surface area contributed by atoms with Crippen molar-refractivity contribution >= 4 is 16.1 Å². The standard InChI is InChI=1S/C26H37N3O5S/c1-6-13-27-26(31)28(5)16-24-19(3)15-29(20(4)17-30)35(32,33)25-12-11-22(14-23(25)34-24)21-9-7-18(2)8-10-21/h7-12,14,19-20,24,30H,6,13,15-17H2,1-5H3,(H,27,31)/t19-,20+,24+/m1/s1. The first-order chi connectivity index (χ1) is 16.6. The number of urea groups is 1. The molecule has 3 rings (SSSR count). The number of sulfonamides is 1. The van der Waals surface area contributed by atoms with Crippen molar-refractivity contribution in [3.05, 3.63) is 48.0 Å². The Balaban J connectivity index is 2.05. The molecule has 9 heteroatoms. The Morgan fingerprint density at radius 1 is 1.23 bits per heavy atom. The molecule has 3 atom stereocenters. The lowest BCUT2D eigenvalue weighted by Crippen LogP contribution is -2.51. The van der Waals surface area contributed by atoms with Gasteiger partial charge in [0.15, 0.2) is 0 Å². The number of hydrogen-bond acceptors (Lipinski definition) is 5. The molecule has 0 bridgehead atoms. The largest absolute Gasteiger partial charge is 0.487 e. The number of carbonyl (C=O) groups excluding carboxylic acids is 1. The van der Waals surface area contributed by atoms with Crippen LogP contribution in [0.15, 0.2) is 47.4 Å². The summed E-state index contributed by atoms with van der Waals surface area (Å²) in [7, 11) is -2.21. The maximum Gasteiger partial charge on any atom is 0.317 e.